The number of aliphatic hydroxyl groups excluding tert-OH is 1. The fourth-order valence-electron chi connectivity index (χ4n) is 1.54. The number of hydrogen-bond donors (Lipinski definition) is 1. The lowest BCUT2D eigenvalue weighted by Gasteiger charge is -2.13. The Morgan fingerprint density at radius 3 is 2.58 bits per heavy atom. The van der Waals surface area contributed by atoms with E-state index < -0.39 is 0 Å². The van der Waals surface area contributed by atoms with Crippen LogP contribution in [0.1, 0.15) is 33.1 Å². The minimum absolute atomic E-state index is 0.0857. The first-order valence-electron chi connectivity index (χ1n) is 4.50. The molecular weight excluding hydrogens is 172 g/mol. The van der Waals surface area contributed by atoms with Crippen LogP contribution < -0.4 is 0 Å². The van der Waals surface area contributed by atoms with E-state index in [0.717, 1.165) is 19.3 Å². The van der Waals surface area contributed by atoms with Crippen LogP contribution in [0.15, 0.2) is 0 Å². The third-order valence-electron chi connectivity index (χ3n) is 2.13. The zero-order valence-electron chi connectivity index (χ0n) is 7.62. The zero-order valence-corrected chi connectivity index (χ0v) is 8.43. The fraction of sp³-hybridized carbons (Fsp3) is 0.889. The van der Waals surface area contributed by atoms with E-state index in [1.54, 1.807) is 0 Å². The predicted octanol–water partition coefficient (Wildman–Crippen LogP) is 1.82. The second kappa shape index (κ2) is 4.28. The van der Waals surface area contributed by atoms with Crippen LogP contribution in [0, 0.1) is 5.92 Å². The summed E-state index contributed by atoms with van der Waals surface area (Å²) >= 11 is 1.36. The molecule has 0 saturated heterocycles. The van der Waals surface area contributed by atoms with Gasteiger partial charge in [0.05, 0.1) is 12.0 Å². The Bertz CT molecular complexity index is 168. The van der Waals surface area contributed by atoms with Gasteiger partial charge in [-0.05, 0) is 12.8 Å². The smallest absolute Gasteiger partial charge is 0.194 e. The first-order valence-corrected chi connectivity index (χ1v) is 5.38. The molecule has 2 unspecified atom stereocenters. The molecule has 3 heteroatoms. The van der Waals surface area contributed by atoms with E-state index in [1.807, 2.05) is 13.8 Å². The largest absolute Gasteiger partial charge is 0.392 e. The van der Waals surface area contributed by atoms with Gasteiger partial charge in [-0.1, -0.05) is 32.0 Å². The topological polar surface area (TPSA) is 37.3 Å². The van der Waals surface area contributed by atoms with Crippen LogP contribution >= 0.6 is 11.8 Å². The van der Waals surface area contributed by atoms with E-state index in [1.165, 1.54) is 11.8 Å². The van der Waals surface area contributed by atoms with Crippen molar-refractivity contribution in [1.82, 2.24) is 0 Å². The molecule has 0 aromatic rings. The van der Waals surface area contributed by atoms with E-state index in [2.05, 4.69) is 0 Å². The van der Waals surface area contributed by atoms with Crippen LogP contribution in [0.4, 0.5) is 0 Å². The van der Waals surface area contributed by atoms with E-state index >= 15 is 0 Å². The molecule has 1 N–H and O–H groups in total. The molecular formula is C9H16O2S. The maximum atomic E-state index is 11.5. The highest BCUT2D eigenvalue weighted by atomic mass is 32.2. The summed E-state index contributed by atoms with van der Waals surface area (Å²) in [6.07, 6.45) is 2.30. The first-order chi connectivity index (χ1) is 5.61. The van der Waals surface area contributed by atoms with Crippen LogP contribution in [0.5, 0.6) is 0 Å². The summed E-state index contributed by atoms with van der Waals surface area (Å²) in [4.78, 5) is 11.5. The predicted molar refractivity (Wildman–Crippen MR) is 51.1 cm³/mol. The van der Waals surface area contributed by atoms with Crippen molar-refractivity contribution in [3.05, 3.63) is 0 Å². The van der Waals surface area contributed by atoms with Gasteiger partial charge in [0, 0.05) is 5.25 Å². The number of rotatable bonds is 2. The number of hydrogen-bond acceptors (Lipinski definition) is 3. The molecule has 0 aromatic carbocycles. The van der Waals surface area contributed by atoms with Gasteiger partial charge in [-0.25, -0.2) is 0 Å². The zero-order chi connectivity index (χ0) is 9.14. The molecule has 1 aliphatic rings. The lowest BCUT2D eigenvalue weighted by molar-refractivity contribution is -0.116. The monoisotopic (exact) mass is 188 g/mol. The van der Waals surface area contributed by atoms with Crippen molar-refractivity contribution < 1.29 is 9.90 Å². The minimum atomic E-state index is -0.372. The molecule has 2 atom stereocenters. The highest BCUT2D eigenvalue weighted by molar-refractivity contribution is 8.14. The Morgan fingerprint density at radius 1 is 1.50 bits per heavy atom. The molecule has 0 heterocycles. The molecule has 0 spiro atoms. The van der Waals surface area contributed by atoms with E-state index in [4.69, 9.17) is 0 Å². The molecule has 0 amide bonds. The Labute approximate surface area is 77.7 Å². The maximum absolute atomic E-state index is 11.5. The van der Waals surface area contributed by atoms with Crippen LogP contribution in [0.25, 0.3) is 0 Å². The molecule has 70 valence electrons. The van der Waals surface area contributed by atoms with Gasteiger partial charge in [0.1, 0.15) is 0 Å². The van der Waals surface area contributed by atoms with Crippen molar-refractivity contribution in [2.24, 2.45) is 5.92 Å². The molecule has 1 saturated carbocycles. The van der Waals surface area contributed by atoms with Crippen molar-refractivity contribution in [3.63, 3.8) is 0 Å². The number of carbonyl (C=O) groups excluding carboxylic acids is 1. The van der Waals surface area contributed by atoms with E-state index in [0.29, 0.717) is 5.25 Å². The highest BCUT2D eigenvalue weighted by Gasteiger charge is 2.31. The van der Waals surface area contributed by atoms with E-state index in [-0.39, 0.29) is 17.1 Å². The molecule has 0 aliphatic heterocycles. The average molecular weight is 188 g/mol. The van der Waals surface area contributed by atoms with Crippen molar-refractivity contribution in [3.8, 4) is 0 Å². The van der Waals surface area contributed by atoms with E-state index in [9.17, 15) is 9.90 Å². The van der Waals surface area contributed by atoms with Crippen LogP contribution in [0.3, 0.4) is 0 Å². The van der Waals surface area contributed by atoms with Crippen molar-refractivity contribution in [1.29, 1.82) is 0 Å². The summed E-state index contributed by atoms with van der Waals surface area (Å²) in [5, 5.41) is 9.95. The summed E-state index contributed by atoms with van der Waals surface area (Å²) in [6, 6.07) is 0. The molecule has 0 radical (unpaired) electrons. The van der Waals surface area contributed by atoms with Crippen molar-refractivity contribution >= 4 is 16.9 Å². The molecule has 1 fully saturated rings. The SMILES string of the molecule is CC(C)SC(=O)C1CCCC1O. The van der Waals surface area contributed by atoms with Gasteiger partial charge in [-0.2, -0.15) is 0 Å². The first kappa shape index (κ1) is 10.1. The molecule has 1 aliphatic carbocycles. The standard InChI is InChI=1S/C9H16O2S/c1-6(2)12-9(11)7-4-3-5-8(7)10/h6-8,10H,3-5H2,1-2H3. The van der Waals surface area contributed by atoms with Gasteiger partial charge in [0.15, 0.2) is 5.12 Å². The van der Waals surface area contributed by atoms with Gasteiger partial charge in [0.2, 0.25) is 0 Å². The third kappa shape index (κ3) is 2.49. The second-order valence-electron chi connectivity index (χ2n) is 3.59. The number of aliphatic hydroxyl groups is 1. The number of thioether (sulfide) groups is 1. The normalized spacial score (nSPS) is 29.7. The van der Waals surface area contributed by atoms with Crippen molar-refractivity contribution in [2.75, 3.05) is 0 Å². The van der Waals surface area contributed by atoms with Crippen LogP contribution in [-0.4, -0.2) is 21.6 Å². The quantitative estimate of drug-likeness (QED) is 0.718. The molecule has 12 heavy (non-hydrogen) atoms. The summed E-state index contributed by atoms with van der Waals surface area (Å²) < 4.78 is 0. The van der Waals surface area contributed by atoms with Crippen molar-refractivity contribution in [2.45, 2.75) is 44.5 Å². The fourth-order valence-corrected chi connectivity index (χ4v) is 2.45. The van der Waals surface area contributed by atoms with Gasteiger partial charge in [-0.15, -0.1) is 0 Å². The minimum Gasteiger partial charge on any atom is -0.392 e. The third-order valence-corrected chi connectivity index (χ3v) is 3.14. The second-order valence-corrected chi connectivity index (χ2v) is 5.17. The lowest BCUT2D eigenvalue weighted by Crippen LogP contribution is -2.21. The molecule has 2 nitrogen and oxygen atoms in total. The molecule has 0 aromatic heterocycles. The number of carbonyl (C=O) groups is 1. The van der Waals surface area contributed by atoms with Gasteiger partial charge < -0.3 is 5.11 Å². The Hall–Kier alpha value is -0.0200. The Morgan fingerprint density at radius 2 is 2.17 bits per heavy atom. The van der Waals surface area contributed by atoms with Crippen LogP contribution in [0.2, 0.25) is 0 Å². The van der Waals surface area contributed by atoms with Gasteiger partial charge >= 0.3 is 0 Å². The Balaban J connectivity index is 2.41. The average Bonchev–Trinajstić information content (AvgIpc) is 2.33. The summed E-state index contributed by atoms with van der Waals surface area (Å²) in [5.41, 5.74) is 0. The molecule has 1 rings (SSSR count). The summed E-state index contributed by atoms with van der Waals surface area (Å²) in [5.74, 6) is -0.0857. The lowest BCUT2D eigenvalue weighted by atomic mass is 10.1. The highest BCUT2D eigenvalue weighted by Crippen LogP contribution is 2.30. The Kier molecular flexibility index (Phi) is 3.59. The van der Waals surface area contributed by atoms with Gasteiger partial charge in [0.25, 0.3) is 0 Å². The van der Waals surface area contributed by atoms with Crippen LogP contribution in [-0.2, 0) is 4.79 Å². The maximum Gasteiger partial charge on any atom is 0.194 e. The summed E-state index contributed by atoms with van der Waals surface area (Å²) in [7, 11) is 0. The molecule has 0 bridgehead atoms. The van der Waals surface area contributed by atoms with Gasteiger partial charge in [-0.3, -0.25) is 4.79 Å². The summed E-state index contributed by atoms with van der Waals surface area (Å²) in [6.45, 7) is 4.01.